The first-order valence-electron chi connectivity index (χ1n) is 10.6. The van der Waals surface area contributed by atoms with Crippen LogP contribution in [0.15, 0.2) is 54.9 Å². The van der Waals surface area contributed by atoms with E-state index in [0.29, 0.717) is 5.92 Å². The predicted molar refractivity (Wildman–Crippen MR) is 123 cm³/mol. The van der Waals surface area contributed by atoms with E-state index in [1.807, 2.05) is 50.6 Å². The number of likely N-dealkylation sites (tertiary alicyclic amines) is 1. The molecule has 0 spiro atoms. The molecule has 1 saturated heterocycles. The SMILES string of the molecule is CNc1ncccc1CN1CCC[C@@H](c2nc(N(C)C)ncc2-c2ccccc2)C1. The molecule has 3 aromatic rings. The molecule has 0 saturated carbocycles. The van der Waals surface area contributed by atoms with Gasteiger partial charge in [0.15, 0.2) is 0 Å². The van der Waals surface area contributed by atoms with Gasteiger partial charge in [-0.25, -0.2) is 15.0 Å². The van der Waals surface area contributed by atoms with Crippen LogP contribution in [0.3, 0.4) is 0 Å². The highest BCUT2D eigenvalue weighted by atomic mass is 15.2. The Morgan fingerprint density at radius 3 is 2.70 bits per heavy atom. The summed E-state index contributed by atoms with van der Waals surface area (Å²) in [4.78, 5) is 18.6. The molecule has 0 bridgehead atoms. The van der Waals surface area contributed by atoms with Crippen molar-refractivity contribution in [3.63, 3.8) is 0 Å². The van der Waals surface area contributed by atoms with Crippen molar-refractivity contribution in [2.45, 2.75) is 25.3 Å². The smallest absolute Gasteiger partial charge is 0.225 e. The number of benzene rings is 1. The lowest BCUT2D eigenvalue weighted by molar-refractivity contribution is 0.199. The molecule has 6 heteroatoms. The van der Waals surface area contributed by atoms with Gasteiger partial charge in [-0.15, -0.1) is 0 Å². The number of nitrogens with one attached hydrogen (secondary N) is 1. The summed E-state index contributed by atoms with van der Waals surface area (Å²) in [7, 11) is 5.92. The van der Waals surface area contributed by atoms with Crippen molar-refractivity contribution in [2.24, 2.45) is 0 Å². The van der Waals surface area contributed by atoms with Crippen molar-refractivity contribution >= 4 is 11.8 Å². The maximum Gasteiger partial charge on any atom is 0.225 e. The number of rotatable bonds is 6. The normalized spacial score (nSPS) is 17.0. The Morgan fingerprint density at radius 1 is 1.10 bits per heavy atom. The fourth-order valence-electron chi connectivity index (χ4n) is 4.21. The minimum Gasteiger partial charge on any atom is -0.373 e. The van der Waals surface area contributed by atoms with E-state index in [-0.39, 0.29) is 0 Å². The third-order valence-electron chi connectivity index (χ3n) is 5.70. The van der Waals surface area contributed by atoms with Crippen LogP contribution in [-0.2, 0) is 6.54 Å². The maximum absolute atomic E-state index is 5.01. The minimum atomic E-state index is 0.380. The van der Waals surface area contributed by atoms with Crippen molar-refractivity contribution in [3.8, 4) is 11.1 Å². The summed E-state index contributed by atoms with van der Waals surface area (Å²) in [6, 6.07) is 14.7. The zero-order valence-corrected chi connectivity index (χ0v) is 18.0. The van der Waals surface area contributed by atoms with E-state index in [1.165, 1.54) is 11.1 Å². The van der Waals surface area contributed by atoms with E-state index in [9.17, 15) is 0 Å². The Balaban J connectivity index is 1.63. The van der Waals surface area contributed by atoms with Crippen LogP contribution < -0.4 is 10.2 Å². The molecule has 0 unspecified atom stereocenters. The average molecular weight is 403 g/mol. The Bertz CT molecular complexity index is 972. The highest BCUT2D eigenvalue weighted by molar-refractivity contribution is 5.66. The molecule has 1 atom stereocenters. The summed E-state index contributed by atoms with van der Waals surface area (Å²) in [5, 5.41) is 3.21. The molecule has 4 rings (SSSR count). The molecular weight excluding hydrogens is 372 g/mol. The lowest BCUT2D eigenvalue weighted by Gasteiger charge is -2.33. The highest BCUT2D eigenvalue weighted by Gasteiger charge is 2.26. The number of piperidine rings is 1. The standard InChI is InChI=1S/C24H30N6/c1-25-23-20(11-7-13-26-23)17-30-14-8-12-19(16-30)22-21(18-9-5-4-6-10-18)15-27-24(28-22)29(2)3/h4-7,9-11,13,15,19H,8,12,14,16-17H2,1-3H3,(H,25,26)/t19-/m1/s1. The fourth-order valence-corrected chi connectivity index (χ4v) is 4.21. The third-order valence-corrected chi connectivity index (χ3v) is 5.70. The predicted octanol–water partition coefficient (Wildman–Crippen LogP) is 4.03. The summed E-state index contributed by atoms with van der Waals surface area (Å²) in [6.45, 7) is 2.98. The van der Waals surface area contributed by atoms with E-state index in [2.05, 4.69) is 50.5 Å². The number of hydrogen-bond acceptors (Lipinski definition) is 6. The first-order chi connectivity index (χ1) is 14.7. The van der Waals surface area contributed by atoms with Gasteiger partial charge in [-0.2, -0.15) is 0 Å². The molecule has 1 fully saturated rings. The quantitative estimate of drug-likeness (QED) is 0.672. The molecule has 1 aromatic carbocycles. The zero-order valence-electron chi connectivity index (χ0n) is 18.0. The van der Waals surface area contributed by atoms with Gasteiger partial charge in [0, 0.05) is 63.7 Å². The molecular formula is C24H30N6. The second-order valence-corrected chi connectivity index (χ2v) is 8.06. The second kappa shape index (κ2) is 9.22. The summed E-state index contributed by atoms with van der Waals surface area (Å²) in [5.41, 5.74) is 4.72. The average Bonchev–Trinajstić information content (AvgIpc) is 2.80. The zero-order chi connectivity index (χ0) is 20.9. The Hall–Kier alpha value is -2.99. The molecule has 0 aliphatic carbocycles. The molecule has 1 aliphatic rings. The molecule has 1 N–H and O–H groups in total. The number of nitrogens with zero attached hydrogens (tertiary/aromatic N) is 5. The molecule has 0 radical (unpaired) electrons. The monoisotopic (exact) mass is 402 g/mol. The van der Waals surface area contributed by atoms with E-state index >= 15 is 0 Å². The van der Waals surface area contributed by atoms with Gasteiger partial charge in [-0.1, -0.05) is 36.4 Å². The highest BCUT2D eigenvalue weighted by Crippen LogP contribution is 2.34. The van der Waals surface area contributed by atoms with Crippen molar-refractivity contribution in [2.75, 3.05) is 44.4 Å². The summed E-state index contributed by atoms with van der Waals surface area (Å²) >= 11 is 0. The van der Waals surface area contributed by atoms with Crippen LogP contribution in [0.4, 0.5) is 11.8 Å². The van der Waals surface area contributed by atoms with Crippen LogP contribution in [0.5, 0.6) is 0 Å². The van der Waals surface area contributed by atoms with Crippen LogP contribution in [0.25, 0.3) is 11.1 Å². The number of pyridine rings is 1. The first-order valence-corrected chi connectivity index (χ1v) is 10.6. The van der Waals surface area contributed by atoms with Crippen LogP contribution >= 0.6 is 0 Å². The number of hydrogen-bond donors (Lipinski definition) is 1. The largest absolute Gasteiger partial charge is 0.373 e. The Kier molecular flexibility index (Phi) is 6.23. The molecule has 156 valence electrons. The molecule has 3 heterocycles. The van der Waals surface area contributed by atoms with Crippen molar-refractivity contribution in [3.05, 3.63) is 66.1 Å². The van der Waals surface area contributed by atoms with Gasteiger partial charge in [0.25, 0.3) is 0 Å². The van der Waals surface area contributed by atoms with Crippen molar-refractivity contribution in [1.29, 1.82) is 0 Å². The van der Waals surface area contributed by atoms with Crippen molar-refractivity contribution in [1.82, 2.24) is 19.9 Å². The maximum atomic E-state index is 5.01. The second-order valence-electron chi connectivity index (χ2n) is 8.06. The van der Waals surface area contributed by atoms with Crippen LogP contribution in [-0.4, -0.2) is 54.1 Å². The molecule has 30 heavy (non-hydrogen) atoms. The van der Waals surface area contributed by atoms with Gasteiger partial charge in [-0.3, -0.25) is 4.90 Å². The summed E-state index contributed by atoms with van der Waals surface area (Å²) < 4.78 is 0. The molecule has 2 aromatic heterocycles. The topological polar surface area (TPSA) is 57.2 Å². The van der Waals surface area contributed by atoms with Gasteiger partial charge in [-0.05, 0) is 31.0 Å². The van der Waals surface area contributed by atoms with Crippen molar-refractivity contribution < 1.29 is 0 Å². The first kappa shape index (κ1) is 20.3. The third kappa shape index (κ3) is 4.44. The van der Waals surface area contributed by atoms with E-state index in [1.54, 1.807) is 0 Å². The molecule has 0 amide bonds. The van der Waals surface area contributed by atoms with Gasteiger partial charge in [0.2, 0.25) is 5.95 Å². The van der Waals surface area contributed by atoms with E-state index in [4.69, 9.17) is 4.98 Å². The van der Waals surface area contributed by atoms with E-state index < -0.39 is 0 Å². The number of aromatic nitrogens is 3. The molecule has 1 aliphatic heterocycles. The van der Waals surface area contributed by atoms with Gasteiger partial charge in [0.1, 0.15) is 5.82 Å². The van der Waals surface area contributed by atoms with E-state index in [0.717, 1.165) is 55.5 Å². The number of anilines is 2. The summed E-state index contributed by atoms with van der Waals surface area (Å²) in [5.74, 6) is 2.11. The lowest BCUT2D eigenvalue weighted by Crippen LogP contribution is -2.34. The van der Waals surface area contributed by atoms with Gasteiger partial charge >= 0.3 is 0 Å². The van der Waals surface area contributed by atoms with Gasteiger partial charge in [0.05, 0.1) is 5.69 Å². The van der Waals surface area contributed by atoms with Crippen LogP contribution in [0, 0.1) is 0 Å². The van der Waals surface area contributed by atoms with Crippen LogP contribution in [0.1, 0.15) is 30.0 Å². The Morgan fingerprint density at radius 2 is 1.93 bits per heavy atom. The van der Waals surface area contributed by atoms with Crippen LogP contribution in [0.2, 0.25) is 0 Å². The molecule has 6 nitrogen and oxygen atoms in total. The minimum absolute atomic E-state index is 0.380. The summed E-state index contributed by atoms with van der Waals surface area (Å²) in [6.07, 6.45) is 6.14. The van der Waals surface area contributed by atoms with Gasteiger partial charge < -0.3 is 10.2 Å². The Labute approximate surface area is 179 Å². The fraction of sp³-hybridized carbons (Fsp3) is 0.375. The lowest BCUT2D eigenvalue weighted by atomic mass is 9.89.